The number of nitrogens with one attached hydrogen (secondary N) is 1. The maximum Gasteiger partial charge on any atom is 0.494 e. The van der Waals surface area contributed by atoms with E-state index in [1.807, 2.05) is 0 Å². The Morgan fingerprint density at radius 3 is 2.18 bits per heavy atom. The van der Waals surface area contributed by atoms with Crippen LogP contribution in [-0.2, 0) is 9.31 Å². The molecular formula is C34H27BN2O2. The van der Waals surface area contributed by atoms with Crippen molar-refractivity contribution in [2.24, 2.45) is 0 Å². The number of fused-ring (bicyclic) bond motifs is 11. The van der Waals surface area contributed by atoms with Gasteiger partial charge in [0.15, 0.2) is 0 Å². The highest BCUT2D eigenvalue weighted by atomic mass is 16.7. The van der Waals surface area contributed by atoms with Crippen LogP contribution >= 0.6 is 0 Å². The Morgan fingerprint density at radius 2 is 1.36 bits per heavy atom. The summed E-state index contributed by atoms with van der Waals surface area (Å²) in [5, 5.41) is 10.1. The number of nitrogens with zero attached hydrogens (tertiary/aromatic N) is 1. The van der Waals surface area contributed by atoms with Gasteiger partial charge in [-0.1, -0.05) is 60.7 Å². The Kier molecular flexibility index (Phi) is 3.88. The van der Waals surface area contributed by atoms with Crippen molar-refractivity contribution in [2.45, 2.75) is 38.9 Å². The van der Waals surface area contributed by atoms with E-state index >= 15 is 0 Å². The fourth-order valence-corrected chi connectivity index (χ4v) is 6.76. The van der Waals surface area contributed by atoms with Gasteiger partial charge in [0.2, 0.25) is 0 Å². The highest BCUT2D eigenvalue weighted by molar-refractivity contribution is 6.62. The van der Waals surface area contributed by atoms with Crippen molar-refractivity contribution < 1.29 is 9.31 Å². The van der Waals surface area contributed by atoms with Gasteiger partial charge in [-0.2, -0.15) is 0 Å². The Hall–Kier alpha value is -4.06. The molecule has 0 spiro atoms. The molecule has 9 rings (SSSR count). The van der Waals surface area contributed by atoms with Crippen LogP contribution in [0.15, 0.2) is 84.9 Å². The molecule has 5 heteroatoms. The summed E-state index contributed by atoms with van der Waals surface area (Å²) in [4.78, 5) is 3.75. The van der Waals surface area contributed by atoms with E-state index in [4.69, 9.17) is 9.31 Å². The maximum absolute atomic E-state index is 6.36. The van der Waals surface area contributed by atoms with Crippen LogP contribution in [0.5, 0.6) is 0 Å². The third kappa shape index (κ3) is 2.67. The predicted molar refractivity (Wildman–Crippen MR) is 164 cm³/mol. The van der Waals surface area contributed by atoms with E-state index in [2.05, 4.69) is 122 Å². The van der Waals surface area contributed by atoms with Crippen molar-refractivity contribution in [1.29, 1.82) is 0 Å². The Balaban J connectivity index is 1.32. The van der Waals surface area contributed by atoms with Gasteiger partial charge in [0, 0.05) is 43.2 Å². The molecule has 0 saturated carbocycles. The summed E-state index contributed by atoms with van der Waals surface area (Å²) < 4.78 is 15.2. The molecular weight excluding hydrogens is 479 g/mol. The van der Waals surface area contributed by atoms with Gasteiger partial charge in [0.05, 0.1) is 33.3 Å². The zero-order valence-electron chi connectivity index (χ0n) is 22.4. The van der Waals surface area contributed by atoms with Gasteiger partial charge < -0.3 is 18.7 Å². The third-order valence-corrected chi connectivity index (χ3v) is 9.48. The van der Waals surface area contributed by atoms with Crippen LogP contribution in [0, 0.1) is 0 Å². The second-order valence-electron chi connectivity index (χ2n) is 12.2. The summed E-state index contributed by atoms with van der Waals surface area (Å²) in [6.45, 7) is 8.40. The SMILES string of the molecule is CC1(C)OB(c2ccc3[nH]c4c5cc6c(cc5ccc4c3c2)c2cccc3c4ccccc4n6c32)OC1(C)C. The third-order valence-electron chi connectivity index (χ3n) is 9.48. The van der Waals surface area contributed by atoms with Crippen molar-refractivity contribution in [3.05, 3.63) is 84.9 Å². The highest BCUT2D eigenvalue weighted by Gasteiger charge is 2.51. The van der Waals surface area contributed by atoms with E-state index in [1.54, 1.807) is 0 Å². The second kappa shape index (κ2) is 6.92. The summed E-state index contributed by atoms with van der Waals surface area (Å²) >= 11 is 0. The van der Waals surface area contributed by atoms with Crippen molar-refractivity contribution in [2.75, 3.05) is 0 Å². The number of hydrogen-bond donors (Lipinski definition) is 1. The minimum Gasteiger partial charge on any atom is -0.399 e. The molecule has 1 saturated heterocycles. The summed E-state index contributed by atoms with van der Waals surface area (Å²) in [6.07, 6.45) is 0. The molecule has 1 N–H and O–H groups in total. The molecule has 0 atom stereocenters. The fourth-order valence-electron chi connectivity index (χ4n) is 6.76. The number of rotatable bonds is 1. The second-order valence-corrected chi connectivity index (χ2v) is 12.2. The van der Waals surface area contributed by atoms with Crippen molar-refractivity contribution in [3.63, 3.8) is 0 Å². The summed E-state index contributed by atoms with van der Waals surface area (Å²) in [5.74, 6) is 0. The topological polar surface area (TPSA) is 38.7 Å². The van der Waals surface area contributed by atoms with Gasteiger partial charge in [-0.15, -0.1) is 0 Å². The zero-order valence-corrected chi connectivity index (χ0v) is 22.4. The summed E-state index contributed by atoms with van der Waals surface area (Å²) in [6, 6.07) is 31.2. The Bertz CT molecular complexity index is 2290. The van der Waals surface area contributed by atoms with Gasteiger partial charge in [-0.3, -0.25) is 0 Å². The molecule has 1 aliphatic heterocycles. The predicted octanol–water partition coefficient (Wildman–Crippen LogP) is 7.92. The quantitative estimate of drug-likeness (QED) is 0.230. The first kappa shape index (κ1) is 21.8. The lowest BCUT2D eigenvalue weighted by molar-refractivity contribution is 0.00578. The van der Waals surface area contributed by atoms with Gasteiger partial charge in [0.25, 0.3) is 0 Å². The van der Waals surface area contributed by atoms with Gasteiger partial charge >= 0.3 is 7.12 Å². The molecule has 3 aromatic heterocycles. The maximum atomic E-state index is 6.36. The standard InChI is InChI=1S/C34H27BN2O2/c1-33(2)34(3,4)39-35(38-33)20-13-15-28-26(17-20)22-14-12-19-16-27-24-10-7-9-23-21-8-5-6-11-29(21)37(32(23)24)30(27)18-25(19)31(22)36-28/h5-18,36H,1-4H3. The molecule has 8 aromatic rings. The largest absolute Gasteiger partial charge is 0.494 e. The van der Waals surface area contributed by atoms with Crippen molar-refractivity contribution in [3.8, 4) is 0 Å². The number of para-hydroxylation sites is 2. The van der Waals surface area contributed by atoms with Crippen LogP contribution < -0.4 is 5.46 Å². The van der Waals surface area contributed by atoms with Crippen molar-refractivity contribution in [1.82, 2.24) is 9.38 Å². The average molecular weight is 506 g/mol. The number of benzene rings is 5. The molecule has 0 amide bonds. The van der Waals surface area contributed by atoms with Crippen LogP contribution in [0.1, 0.15) is 27.7 Å². The van der Waals surface area contributed by atoms with E-state index in [9.17, 15) is 0 Å². The zero-order chi connectivity index (χ0) is 26.3. The molecule has 4 heterocycles. The summed E-state index contributed by atoms with van der Waals surface area (Å²) in [5.41, 5.74) is 6.42. The first-order valence-electron chi connectivity index (χ1n) is 13.7. The van der Waals surface area contributed by atoms with Gasteiger partial charge in [-0.05, 0) is 62.8 Å². The van der Waals surface area contributed by atoms with E-state index in [0.29, 0.717) is 0 Å². The van der Waals surface area contributed by atoms with E-state index in [0.717, 1.165) is 11.0 Å². The van der Waals surface area contributed by atoms with E-state index < -0.39 is 0 Å². The highest BCUT2D eigenvalue weighted by Crippen LogP contribution is 2.42. The van der Waals surface area contributed by atoms with E-state index in [1.165, 1.54) is 65.2 Å². The minimum absolute atomic E-state index is 0.366. The Labute approximate surface area is 225 Å². The van der Waals surface area contributed by atoms with Crippen molar-refractivity contribution >= 4 is 83.3 Å². The first-order valence-corrected chi connectivity index (χ1v) is 13.7. The number of H-pyrrole nitrogens is 1. The molecule has 0 radical (unpaired) electrons. The number of hydrogen-bond acceptors (Lipinski definition) is 2. The smallest absolute Gasteiger partial charge is 0.399 e. The van der Waals surface area contributed by atoms with Crippen LogP contribution in [0.3, 0.4) is 0 Å². The molecule has 1 fully saturated rings. The minimum atomic E-state index is -0.379. The monoisotopic (exact) mass is 506 g/mol. The van der Waals surface area contributed by atoms with Crippen LogP contribution in [0.25, 0.3) is 70.7 Å². The number of aromatic amines is 1. The molecule has 4 nitrogen and oxygen atoms in total. The van der Waals surface area contributed by atoms with Gasteiger partial charge in [-0.25, -0.2) is 0 Å². The molecule has 0 bridgehead atoms. The Morgan fingerprint density at radius 1 is 0.615 bits per heavy atom. The first-order chi connectivity index (χ1) is 18.8. The van der Waals surface area contributed by atoms with Crippen LogP contribution in [0.2, 0.25) is 0 Å². The lowest BCUT2D eigenvalue weighted by Gasteiger charge is -2.32. The normalized spacial score (nSPS) is 17.4. The van der Waals surface area contributed by atoms with Gasteiger partial charge in [0.1, 0.15) is 0 Å². The molecule has 39 heavy (non-hydrogen) atoms. The molecule has 188 valence electrons. The van der Waals surface area contributed by atoms with Crippen LogP contribution in [0.4, 0.5) is 0 Å². The number of aromatic nitrogens is 2. The molecule has 0 aliphatic carbocycles. The molecule has 1 aliphatic rings. The van der Waals surface area contributed by atoms with E-state index in [-0.39, 0.29) is 18.3 Å². The summed E-state index contributed by atoms with van der Waals surface area (Å²) in [7, 11) is -0.379. The average Bonchev–Trinajstić information content (AvgIpc) is 3.62. The lowest BCUT2D eigenvalue weighted by Crippen LogP contribution is -2.41. The molecule has 5 aromatic carbocycles. The molecule has 0 unspecified atom stereocenters. The fraction of sp³-hybridized carbons (Fsp3) is 0.176. The van der Waals surface area contributed by atoms with Crippen LogP contribution in [-0.4, -0.2) is 27.7 Å². The lowest BCUT2D eigenvalue weighted by atomic mass is 9.78.